The van der Waals surface area contributed by atoms with Crippen molar-refractivity contribution in [3.63, 3.8) is 0 Å². The van der Waals surface area contributed by atoms with Gasteiger partial charge in [-0.15, -0.1) is 0 Å². The van der Waals surface area contributed by atoms with Crippen molar-refractivity contribution in [2.24, 2.45) is 0 Å². The van der Waals surface area contributed by atoms with E-state index in [0.29, 0.717) is 6.61 Å². The van der Waals surface area contributed by atoms with Crippen molar-refractivity contribution in [1.29, 1.82) is 0 Å². The Morgan fingerprint density at radius 2 is 1.91 bits per heavy atom. The first-order valence-corrected chi connectivity index (χ1v) is 8.21. The molecule has 0 spiro atoms. The lowest BCUT2D eigenvalue weighted by Gasteiger charge is -2.36. The molecule has 0 amide bonds. The normalized spacial score (nSPS) is 17.0. The minimum absolute atomic E-state index is 0.00977. The van der Waals surface area contributed by atoms with E-state index >= 15 is 0 Å². The molecule has 122 valence electrons. The number of rotatable bonds is 5. The van der Waals surface area contributed by atoms with E-state index in [9.17, 15) is 4.39 Å². The monoisotopic (exact) mass is 314 g/mol. The molecular formula is C19H23FN2O. The highest BCUT2D eigenvalue weighted by Gasteiger charge is 2.26. The topological polar surface area (TPSA) is 24.5 Å². The van der Waals surface area contributed by atoms with Gasteiger partial charge in [-0.3, -0.25) is 4.90 Å². The molecule has 1 fully saturated rings. The van der Waals surface area contributed by atoms with Gasteiger partial charge in [0.05, 0.1) is 12.6 Å². The summed E-state index contributed by atoms with van der Waals surface area (Å²) in [5.74, 6) is 0.680. The zero-order valence-electron chi connectivity index (χ0n) is 13.5. The molecule has 0 bridgehead atoms. The van der Waals surface area contributed by atoms with Crippen molar-refractivity contribution in [3.05, 3.63) is 65.5 Å². The fourth-order valence-corrected chi connectivity index (χ4v) is 3.20. The Hall–Kier alpha value is -1.91. The Balaban J connectivity index is 2.04. The molecule has 1 aliphatic rings. The maximum Gasteiger partial charge on any atom is 0.124 e. The molecule has 4 heteroatoms. The highest BCUT2D eigenvalue weighted by Crippen LogP contribution is 2.35. The lowest BCUT2D eigenvalue weighted by molar-refractivity contribution is 0.194. The van der Waals surface area contributed by atoms with E-state index in [-0.39, 0.29) is 11.9 Å². The van der Waals surface area contributed by atoms with Crippen LogP contribution in [0.5, 0.6) is 5.75 Å². The highest BCUT2D eigenvalue weighted by molar-refractivity contribution is 5.42. The van der Waals surface area contributed by atoms with E-state index in [0.717, 1.165) is 43.1 Å². The van der Waals surface area contributed by atoms with Gasteiger partial charge in [0.15, 0.2) is 0 Å². The molecule has 1 heterocycles. The number of nitrogens with zero attached hydrogens (tertiary/aromatic N) is 1. The first-order chi connectivity index (χ1) is 11.3. The van der Waals surface area contributed by atoms with Crippen LogP contribution in [0.25, 0.3) is 0 Å². The molecule has 0 radical (unpaired) electrons. The van der Waals surface area contributed by atoms with Crippen LogP contribution in [-0.4, -0.2) is 37.7 Å². The van der Waals surface area contributed by atoms with E-state index in [1.165, 1.54) is 6.07 Å². The standard InChI is InChI=1S/C19H23FN2O/c1-2-23-18-9-4-3-8-17(18)19(22-12-10-21-11-13-22)15-6-5-7-16(20)14-15/h3-9,14,19,21H,2,10-13H2,1H3. The van der Waals surface area contributed by atoms with E-state index in [1.807, 2.05) is 31.2 Å². The van der Waals surface area contributed by atoms with Crippen LogP contribution < -0.4 is 10.1 Å². The minimum Gasteiger partial charge on any atom is -0.494 e. The molecule has 1 N–H and O–H groups in total. The molecule has 1 unspecified atom stereocenters. The summed E-state index contributed by atoms with van der Waals surface area (Å²) in [5.41, 5.74) is 2.07. The van der Waals surface area contributed by atoms with Crippen LogP contribution >= 0.6 is 0 Å². The van der Waals surface area contributed by atoms with Gasteiger partial charge in [0.2, 0.25) is 0 Å². The smallest absolute Gasteiger partial charge is 0.124 e. The van der Waals surface area contributed by atoms with Gasteiger partial charge < -0.3 is 10.1 Å². The van der Waals surface area contributed by atoms with E-state index in [2.05, 4.69) is 16.3 Å². The molecule has 1 aliphatic heterocycles. The molecule has 2 aromatic rings. The molecule has 3 nitrogen and oxygen atoms in total. The minimum atomic E-state index is -0.198. The van der Waals surface area contributed by atoms with E-state index < -0.39 is 0 Å². The number of piperazine rings is 1. The van der Waals surface area contributed by atoms with Gasteiger partial charge in [-0.1, -0.05) is 30.3 Å². The van der Waals surface area contributed by atoms with Gasteiger partial charge in [0, 0.05) is 31.7 Å². The first kappa shape index (κ1) is 16.0. The molecule has 0 aromatic heterocycles. The zero-order chi connectivity index (χ0) is 16.1. The van der Waals surface area contributed by atoms with Gasteiger partial charge in [-0.05, 0) is 30.7 Å². The molecular weight excluding hydrogens is 291 g/mol. The average Bonchev–Trinajstić information content (AvgIpc) is 2.58. The Bertz CT molecular complexity index is 641. The Morgan fingerprint density at radius 3 is 2.65 bits per heavy atom. The first-order valence-electron chi connectivity index (χ1n) is 8.21. The Morgan fingerprint density at radius 1 is 1.13 bits per heavy atom. The summed E-state index contributed by atoms with van der Waals surface area (Å²) in [6, 6.07) is 15.0. The summed E-state index contributed by atoms with van der Waals surface area (Å²) in [7, 11) is 0. The fraction of sp³-hybridized carbons (Fsp3) is 0.368. The van der Waals surface area contributed by atoms with Crippen LogP contribution in [0.2, 0.25) is 0 Å². The molecule has 23 heavy (non-hydrogen) atoms. The number of benzene rings is 2. The van der Waals surface area contributed by atoms with E-state index in [4.69, 9.17) is 4.74 Å². The summed E-state index contributed by atoms with van der Waals surface area (Å²) >= 11 is 0. The molecule has 0 aliphatic carbocycles. The maximum absolute atomic E-state index is 13.8. The van der Waals surface area contributed by atoms with Gasteiger partial charge in [0.25, 0.3) is 0 Å². The molecule has 1 atom stereocenters. The van der Waals surface area contributed by atoms with Crippen molar-refractivity contribution >= 4 is 0 Å². The molecule has 3 rings (SSSR count). The van der Waals surface area contributed by atoms with Crippen LogP contribution in [0, 0.1) is 5.82 Å². The second kappa shape index (κ2) is 7.57. The lowest BCUT2D eigenvalue weighted by Crippen LogP contribution is -2.45. The third-order valence-electron chi connectivity index (χ3n) is 4.19. The Kier molecular flexibility index (Phi) is 5.26. The van der Waals surface area contributed by atoms with Gasteiger partial charge in [-0.2, -0.15) is 0 Å². The number of nitrogens with one attached hydrogen (secondary N) is 1. The summed E-state index contributed by atoms with van der Waals surface area (Å²) in [6.07, 6.45) is 0. The third-order valence-corrected chi connectivity index (χ3v) is 4.19. The third kappa shape index (κ3) is 3.71. The van der Waals surface area contributed by atoms with Crippen LogP contribution in [-0.2, 0) is 0 Å². The van der Waals surface area contributed by atoms with Gasteiger partial charge in [0.1, 0.15) is 11.6 Å². The number of para-hydroxylation sites is 1. The second-order valence-corrected chi connectivity index (χ2v) is 5.71. The quantitative estimate of drug-likeness (QED) is 0.917. The van der Waals surface area contributed by atoms with Crippen LogP contribution in [0.1, 0.15) is 24.1 Å². The van der Waals surface area contributed by atoms with Crippen molar-refractivity contribution in [2.45, 2.75) is 13.0 Å². The number of halogens is 1. The second-order valence-electron chi connectivity index (χ2n) is 5.71. The van der Waals surface area contributed by atoms with Crippen LogP contribution in [0.3, 0.4) is 0 Å². The van der Waals surface area contributed by atoms with E-state index in [1.54, 1.807) is 12.1 Å². The van der Waals surface area contributed by atoms with Gasteiger partial charge in [-0.25, -0.2) is 4.39 Å². The maximum atomic E-state index is 13.8. The van der Waals surface area contributed by atoms with Crippen molar-refractivity contribution < 1.29 is 9.13 Å². The summed E-state index contributed by atoms with van der Waals surface area (Å²) in [4.78, 5) is 2.39. The summed E-state index contributed by atoms with van der Waals surface area (Å²) in [5, 5.41) is 3.38. The summed E-state index contributed by atoms with van der Waals surface area (Å²) < 4.78 is 19.6. The van der Waals surface area contributed by atoms with Crippen molar-refractivity contribution in [1.82, 2.24) is 10.2 Å². The van der Waals surface area contributed by atoms with Crippen LogP contribution in [0.4, 0.5) is 4.39 Å². The Labute approximate surface area is 137 Å². The SMILES string of the molecule is CCOc1ccccc1C(c1cccc(F)c1)N1CCNCC1. The van der Waals surface area contributed by atoms with Crippen molar-refractivity contribution in [2.75, 3.05) is 32.8 Å². The van der Waals surface area contributed by atoms with Crippen molar-refractivity contribution in [3.8, 4) is 5.75 Å². The summed E-state index contributed by atoms with van der Waals surface area (Å²) in [6.45, 7) is 6.36. The molecule has 1 saturated heterocycles. The lowest BCUT2D eigenvalue weighted by atomic mass is 9.95. The molecule has 2 aromatic carbocycles. The molecule has 0 saturated carbocycles. The predicted octanol–water partition coefficient (Wildman–Crippen LogP) is 3.22. The van der Waals surface area contributed by atoms with Gasteiger partial charge >= 0.3 is 0 Å². The fourth-order valence-electron chi connectivity index (χ4n) is 3.20. The number of hydrogen-bond acceptors (Lipinski definition) is 3. The largest absolute Gasteiger partial charge is 0.494 e. The predicted molar refractivity (Wildman–Crippen MR) is 90.3 cm³/mol. The highest BCUT2D eigenvalue weighted by atomic mass is 19.1. The average molecular weight is 314 g/mol. The number of ether oxygens (including phenoxy) is 1. The number of hydrogen-bond donors (Lipinski definition) is 1. The van der Waals surface area contributed by atoms with Crippen LogP contribution in [0.15, 0.2) is 48.5 Å². The zero-order valence-corrected chi connectivity index (χ0v) is 13.5.